The second-order valence-electron chi connectivity index (χ2n) is 4.86. The number of hydrogen-bond donors (Lipinski definition) is 1. The third-order valence-electron chi connectivity index (χ3n) is 3.56. The summed E-state index contributed by atoms with van der Waals surface area (Å²) in [6.45, 7) is 0.555. The van der Waals surface area contributed by atoms with Crippen molar-refractivity contribution in [1.29, 1.82) is 0 Å². The Morgan fingerprint density at radius 3 is 2.38 bits per heavy atom. The van der Waals surface area contributed by atoms with Crippen molar-refractivity contribution >= 4 is 29.2 Å². The largest absolute Gasteiger partial charge is 0.478 e. The molecule has 1 aliphatic rings. The molecule has 2 aromatic carbocycles. The van der Waals surface area contributed by atoms with Gasteiger partial charge in [-0.05, 0) is 54.4 Å². The van der Waals surface area contributed by atoms with E-state index in [1.54, 1.807) is 41.3 Å². The van der Waals surface area contributed by atoms with E-state index in [1.807, 2.05) is 0 Å². The van der Waals surface area contributed by atoms with Crippen LogP contribution in [-0.2, 0) is 6.42 Å². The van der Waals surface area contributed by atoms with Crippen molar-refractivity contribution in [3.63, 3.8) is 0 Å². The molecule has 0 saturated heterocycles. The highest BCUT2D eigenvalue weighted by Crippen LogP contribution is 2.30. The van der Waals surface area contributed by atoms with E-state index < -0.39 is 5.97 Å². The van der Waals surface area contributed by atoms with Gasteiger partial charge in [0.25, 0.3) is 5.91 Å². The summed E-state index contributed by atoms with van der Waals surface area (Å²) in [5, 5.41) is 9.58. The Kier molecular flexibility index (Phi) is 3.39. The third kappa shape index (κ3) is 2.50. The van der Waals surface area contributed by atoms with Crippen LogP contribution in [0.1, 0.15) is 26.3 Å². The zero-order valence-corrected chi connectivity index (χ0v) is 11.8. The Bertz CT molecular complexity index is 725. The summed E-state index contributed by atoms with van der Waals surface area (Å²) in [6, 6.07) is 11.6. The van der Waals surface area contributed by atoms with Crippen molar-refractivity contribution in [2.75, 3.05) is 11.4 Å². The van der Waals surface area contributed by atoms with Gasteiger partial charge in [0.1, 0.15) is 0 Å². The molecule has 0 unspecified atom stereocenters. The molecule has 1 aliphatic heterocycles. The second kappa shape index (κ2) is 5.22. The number of rotatable bonds is 2. The van der Waals surface area contributed by atoms with E-state index in [-0.39, 0.29) is 11.5 Å². The van der Waals surface area contributed by atoms with Gasteiger partial charge in [-0.25, -0.2) is 4.79 Å². The summed E-state index contributed by atoms with van der Waals surface area (Å²) >= 11 is 5.82. The lowest BCUT2D eigenvalue weighted by molar-refractivity contribution is 0.0696. The molecule has 0 fully saturated rings. The number of nitrogens with zero attached hydrogens (tertiary/aromatic N) is 1. The summed E-state index contributed by atoms with van der Waals surface area (Å²) < 4.78 is 0. The number of halogens is 1. The van der Waals surface area contributed by atoms with Gasteiger partial charge in [0.2, 0.25) is 0 Å². The topological polar surface area (TPSA) is 57.6 Å². The molecule has 106 valence electrons. The van der Waals surface area contributed by atoms with Crippen molar-refractivity contribution in [2.45, 2.75) is 6.42 Å². The highest BCUT2D eigenvalue weighted by molar-refractivity contribution is 6.30. The lowest BCUT2D eigenvalue weighted by Crippen LogP contribution is -2.28. The first-order valence-electron chi connectivity index (χ1n) is 6.50. The molecular weight excluding hydrogens is 290 g/mol. The number of hydrogen-bond acceptors (Lipinski definition) is 2. The predicted octanol–water partition coefficient (Wildman–Crippen LogP) is 3.24. The fourth-order valence-electron chi connectivity index (χ4n) is 2.49. The number of fused-ring (bicyclic) bond motifs is 1. The van der Waals surface area contributed by atoms with Crippen LogP contribution in [0.3, 0.4) is 0 Å². The maximum Gasteiger partial charge on any atom is 0.335 e. The second-order valence-corrected chi connectivity index (χ2v) is 5.30. The number of carboxylic acids is 1. The van der Waals surface area contributed by atoms with Crippen molar-refractivity contribution < 1.29 is 14.7 Å². The van der Waals surface area contributed by atoms with E-state index in [4.69, 9.17) is 16.7 Å². The maximum atomic E-state index is 12.5. The molecule has 0 saturated carbocycles. The number of aromatic carboxylic acids is 1. The standard InChI is InChI=1S/C16H12ClNO3/c17-13-4-1-10(2-5-13)15(19)18-8-7-11-9-12(16(20)21)3-6-14(11)18/h1-6,9H,7-8H2,(H,20,21). The third-order valence-corrected chi connectivity index (χ3v) is 3.81. The van der Waals surface area contributed by atoms with Crippen LogP contribution in [0.2, 0.25) is 5.02 Å². The maximum absolute atomic E-state index is 12.5. The van der Waals surface area contributed by atoms with Gasteiger partial charge in [0, 0.05) is 22.8 Å². The van der Waals surface area contributed by atoms with Crippen LogP contribution >= 0.6 is 11.6 Å². The number of amides is 1. The highest BCUT2D eigenvalue weighted by Gasteiger charge is 2.26. The SMILES string of the molecule is O=C(O)c1ccc2c(c1)CCN2C(=O)c1ccc(Cl)cc1. The van der Waals surface area contributed by atoms with Crippen LogP contribution < -0.4 is 4.90 Å². The summed E-state index contributed by atoms with van der Waals surface area (Å²) in [4.78, 5) is 25.2. The van der Waals surface area contributed by atoms with Crippen molar-refractivity contribution in [3.8, 4) is 0 Å². The first kappa shape index (κ1) is 13.6. The van der Waals surface area contributed by atoms with Crippen molar-refractivity contribution in [2.24, 2.45) is 0 Å². The van der Waals surface area contributed by atoms with Gasteiger partial charge < -0.3 is 10.0 Å². The van der Waals surface area contributed by atoms with Crippen LogP contribution in [-0.4, -0.2) is 23.5 Å². The van der Waals surface area contributed by atoms with Gasteiger partial charge in [0.05, 0.1) is 5.56 Å². The average molecular weight is 302 g/mol. The summed E-state index contributed by atoms with van der Waals surface area (Å²) in [5.74, 6) is -1.06. The first-order chi connectivity index (χ1) is 10.1. The molecule has 21 heavy (non-hydrogen) atoms. The summed E-state index contributed by atoms with van der Waals surface area (Å²) in [7, 11) is 0. The molecule has 5 heteroatoms. The molecule has 0 radical (unpaired) electrons. The van der Waals surface area contributed by atoms with Crippen LogP contribution in [0.4, 0.5) is 5.69 Å². The monoisotopic (exact) mass is 301 g/mol. The predicted molar refractivity (Wildman–Crippen MR) is 80.2 cm³/mol. The van der Waals surface area contributed by atoms with Crippen LogP contribution in [0, 0.1) is 0 Å². The normalized spacial score (nSPS) is 13.1. The number of carboxylic acid groups (broad SMARTS) is 1. The van der Waals surface area contributed by atoms with E-state index in [0.29, 0.717) is 23.6 Å². The van der Waals surface area contributed by atoms with Crippen LogP contribution in [0.25, 0.3) is 0 Å². The number of benzene rings is 2. The number of carbonyl (C=O) groups excluding carboxylic acids is 1. The summed E-state index contributed by atoms with van der Waals surface area (Å²) in [6.07, 6.45) is 0.662. The molecule has 1 amide bonds. The van der Waals surface area contributed by atoms with Gasteiger partial charge in [-0.3, -0.25) is 4.79 Å². The Morgan fingerprint density at radius 1 is 1.05 bits per heavy atom. The Balaban J connectivity index is 1.92. The molecule has 3 rings (SSSR count). The smallest absolute Gasteiger partial charge is 0.335 e. The zero-order valence-electron chi connectivity index (χ0n) is 11.0. The minimum atomic E-state index is -0.958. The van der Waals surface area contributed by atoms with Crippen LogP contribution in [0.15, 0.2) is 42.5 Å². The van der Waals surface area contributed by atoms with E-state index in [0.717, 1.165) is 11.3 Å². The minimum absolute atomic E-state index is 0.103. The molecule has 2 aromatic rings. The lowest BCUT2D eigenvalue weighted by Gasteiger charge is -2.17. The quantitative estimate of drug-likeness (QED) is 0.926. The van der Waals surface area contributed by atoms with E-state index in [2.05, 4.69) is 0 Å². The van der Waals surface area contributed by atoms with Crippen LogP contribution in [0.5, 0.6) is 0 Å². The Morgan fingerprint density at radius 2 is 1.71 bits per heavy atom. The average Bonchev–Trinajstić information content (AvgIpc) is 2.90. The molecule has 0 atom stereocenters. The lowest BCUT2D eigenvalue weighted by atomic mass is 10.1. The van der Waals surface area contributed by atoms with Gasteiger partial charge in [0.15, 0.2) is 0 Å². The van der Waals surface area contributed by atoms with Crippen molar-refractivity contribution in [1.82, 2.24) is 0 Å². The highest BCUT2D eigenvalue weighted by atomic mass is 35.5. The van der Waals surface area contributed by atoms with E-state index in [1.165, 1.54) is 6.07 Å². The van der Waals surface area contributed by atoms with Gasteiger partial charge in [-0.15, -0.1) is 0 Å². The van der Waals surface area contributed by atoms with E-state index >= 15 is 0 Å². The number of carbonyl (C=O) groups is 2. The minimum Gasteiger partial charge on any atom is -0.478 e. The Labute approximate surface area is 126 Å². The summed E-state index contributed by atoms with van der Waals surface area (Å²) in [5.41, 5.74) is 2.47. The number of anilines is 1. The molecule has 0 aromatic heterocycles. The molecule has 0 bridgehead atoms. The molecule has 1 N–H and O–H groups in total. The fraction of sp³-hybridized carbons (Fsp3) is 0.125. The molecule has 0 aliphatic carbocycles. The molecule has 0 spiro atoms. The van der Waals surface area contributed by atoms with Gasteiger partial charge in [-0.2, -0.15) is 0 Å². The Hall–Kier alpha value is -2.33. The van der Waals surface area contributed by atoms with E-state index in [9.17, 15) is 9.59 Å². The fourth-order valence-corrected chi connectivity index (χ4v) is 2.62. The molecule has 4 nitrogen and oxygen atoms in total. The molecule has 1 heterocycles. The first-order valence-corrected chi connectivity index (χ1v) is 6.88. The van der Waals surface area contributed by atoms with Gasteiger partial charge >= 0.3 is 5.97 Å². The molecular formula is C16H12ClNO3. The zero-order chi connectivity index (χ0) is 15.0. The van der Waals surface area contributed by atoms with Crippen molar-refractivity contribution in [3.05, 3.63) is 64.2 Å². The van der Waals surface area contributed by atoms with Gasteiger partial charge in [-0.1, -0.05) is 11.6 Å².